The van der Waals surface area contributed by atoms with Gasteiger partial charge in [0.1, 0.15) is 0 Å². The highest BCUT2D eigenvalue weighted by Crippen LogP contribution is 2.42. The quantitative estimate of drug-likeness (QED) is 0.149. The van der Waals surface area contributed by atoms with Crippen LogP contribution in [0.25, 0.3) is 154 Å². The summed E-state index contributed by atoms with van der Waals surface area (Å²) >= 11 is 0. The third kappa shape index (κ3) is 8.95. The summed E-state index contributed by atoms with van der Waals surface area (Å²) in [5.41, 5.74) is 19.0. The van der Waals surface area contributed by atoms with E-state index in [2.05, 4.69) is 291 Å². The van der Waals surface area contributed by atoms with E-state index in [0.717, 1.165) is 105 Å². The molecule has 4 heterocycles. The van der Waals surface area contributed by atoms with Crippen molar-refractivity contribution in [2.24, 2.45) is 0 Å². The van der Waals surface area contributed by atoms with Crippen molar-refractivity contribution in [2.75, 3.05) is 0 Å². The molecule has 0 atom stereocenters. The van der Waals surface area contributed by atoms with Crippen molar-refractivity contribution in [1.82, 2.24) is 19.9 Å². The van der Waals surface area contributed by atoms with Gasteiger partial charge in [-0.1, -0.05) is 255 Å². The number of pyridine rings is 4. The minimum atomic E-state index is 0.904. The third-order valence-electron chi connectivity index (χ3n) is 15.9. The predicted octanol–water partition coefficient (Wildman–Crippen LogP) is 20.7. The average molecular weight is 1040 g/mol. The van der Waals surface area contributed by atoms with Crippen LogP contribution >= 0.6 is 0 Å². The lowest BCUT2D eigenvalue weighted by atomic mass is 9.93. The Bertz CT molecular complexity index is 4900. The molecule has 0 spiro atoms. The minimum absolute atomic E-state index is 0.904. The lowest BCUT2D eigenvalue weighted by molar-refractivity contribution is 1.37. The molecule has 382 valence electrons. The number of nitrogens with zero attached hydrogens (tertiary/aromatic N) is 4. The Morgan fingerprint density at radius 2 is 0.463 bits per heavy atom. The molecule has 4 heteroatoms. The normalized spacial score (nSPS) is 11.4. The molecule has 4 aromatic heterocycles. The van der Waals surface area contributed by atoms with Crippen LogP contribution in [0.2, 0.25) is 0 Å². The van der Waals surface area contributed by atoms with Gasteiger partial charge < -0.3 is 0 Å². The second-order valence-electron chi connectivity index (χ2n) is 20.9. The van der Waals surface area contributed by atoms with Gasteiger partial charge in [-0.05, 0) is 119 Å². The zero-order chi connectivity index (χ0) is 54.3. The van der Waals surface area contributed by atoms with Crippen LogP contribution in [0.15, 0.2) is 303 Å². The molecule has 0 aliphatic heterocycles. The maximum Gasteiger partial charge on any atom is 0.0978 e. The first kappa shape index (κ1) is 48.2. The van der Waals surface area contributed by atoms with Crippen LogP contribution in [0.1, 0.15) is 0 Å². The topological polar surface area (TPSA) is 51.6 Å². The summed E-state index contributed by atoms with van der Waals surface area (Å²) in [5.74, 6) is 0. The molecule has 16 rings (SSSR count). The summed E-state index contributed by atoms with van der Waals surface area (Å²) in [5, 5.41) is 11.7. The molecular formula is C78H50N4. The van der Waals surface area contributed by atoms with E-state index in [1.165, 1.54) is 49.0 Å². The van der Waals surface area contributed by atoms with E-state index in [1.807, 2.05) is 12.3 Å². The number of hydrogen-bond acceptors (Lipinski definition) is 4. The number of hydrogen-bond donors (Lipinski definition) is 0. The molecular weight excluding hydrogens is 993 g/mol. The van der Waals surface area contributed by atoms with Gasteiger partial charge in [0.2, 0.25) is 0 Å². The van der Waals surface area contributed by atoms with Crippen LogP contribution in [-0.2, 0) is 0 Å². The number of rotatable bonds is 7. The molecule has 0 unspecified atom stereocenters. The monoisotopic (exact) mass is 1040 g/mol. The van der Waals surface area contributed by atoms with Gasteiger partial charge in [0.05, 0.1) is 39.1 Å². The number of benzene rings is 12. The first-order valence-electron chi connectivity index (χ1n) is 27.8. The van der Waals surface area contributed by atoms with Crippen molar-refractivity contribution < 1.29 is 0 Å². The van der Waals surface area contributed by atoms with Gasteiger partial charge >= 0.3 is 0 Å². The fourth-order valence-electron chi connectivity index (χ4n) is 11.8. The fourth-order valence-corrected chi connectivity index (χ4v) is 11.8. The maximum absolute atomic E-state index is 5.42. The average Bonchev–Trinajstić information content (AvgIpc) is 3.57. The molecule has 0 radical (unpaired) electrons. The first-order valence-corrected chi connectivity index (χ1v) is 27.8. The fraction of sp³-hybridized carbons (Fsp3) is 0. The summed E-state index contributed by atoms with van der Waals surface area (Å²) in [6, 6.07) is 105. The van der Waals surface area contributed by atoms with Gasteiger partial charge in [-0.15, -0.1) is 0 Å². The van der Waals surface area contributed by atoms with Crippen LogP contribution in [0.5, 0.6) is 0 Å². The Labute approximate surface area is 475 Å². The van der Waals surface area contributed by atoms with Gasteiger partial charge in [-0.2, -0.15) is 0 Å². The number of aromatic nitrogens is 4. The van der Waals surface area contributed by atoms with Crippen molar-refractivity contribution in [3.05, 3.63) is 303 Å². The van der Waals surface area contributed by atoms with Crippen LogP contribution in [0.4, 0.5) is 0 Å². The summed E-state index contributed by atoms with van der Waals surface area (Å²) in [7, 11) is 0. The lowest BCUT2D eigenvalue weighted by Crippen LogP contribution is -1.95. The second kappa shape index (κ2) is 20.7. The third-order valence-corrected chi connectivity index (χ3v) is 15.9. The predicted molar refractivity (Wildman–Crippen MR) is 345 cm³/mol. The van der Waals surface area contributed by atoms with E-state index in [0.29, 0.717) is 0 Å². The van der Waals surface area contributed by atoms with Gasteiger partial charge in [-0.3, -0.25) is 4.98 Å². The molecule has 0 bridgehead atoms. The molecule has 4 nitrogen and oxygen atoms in total. The van der Waals surface area contributed by atoms with E-state index in [9.17, 15) is 0 Å². The van der Waals surface area contributed by atoms with Gasteiger partial charge in [-0.25, -0.2) is 15.0 Å². The molecule has 0 saturated carbocycles. The summed E-state index contributed by atoms with van der Waals surface area (Å²) < 4.78 is 0. The first-order chi connectivity index (χ1) is 40.6. The second-order valence-corrected chi connectivity index (χ2v) is 20.9. The molecule has 82 heavy (non-hydrogen) atoms. The van der Waals surface area contributed by atoms with E-state index in [-0.39, 0.29) is 0 Å². The highest BCUT2D eigenvalue weighted by atomic mass is 14.8. The highest BCUT2D eigenvalue weighted by molar-refractivity contribution is 6.15. The van der Waals surface area contributed by atoms with Gasteiger partial charge in [0, 0.05) is 44.4 Å². The summed E-state index contributed by atoms with van der Waals surface area (Å²) in [6.45, 7) is 0. The van der Waals surface area contributed by atoms with Crippen molar-refractivity contribution in [1.29, 1.82) is 0 Å². The zero-order valence-corrected chi connectivity index (χ0v) is 44.7. The smallest absolute Gasteiger partial charge is 0.0978 e. The van der Waals surface area contributed by atoms with Crippen molar-refractivity contribution in [3.63, 3.8) is 0 Å². The molecule has 12 aromatic carbocycles. The Kier molecular flexibility index (Phi) is 12.2. The van der Waals surface area contributed by atoms with Gasteiger partial charge in [0.15, 0.2) is 0 Å². The van der Waals surface area contributed by atoms with Crippen molar-refractivity contribution in [2.45, 2.75) is 0 Å². The number of fused-ring (bicyclic) bond motifs is 9. The molecule has 0 saturated heterocycles. The Morgan fingerprint density at radius 1 is 0.183 bits per heavy atom. The van der Waals surface area contributed by atoms with Crippen LogP contribution < -0.4 is 0 Å². The van der Waals surface area contributed by atoms with Crippen LogP contribution in [-0.4, -0.2) is 19.9 Å². The molecule has 0 aliphatic carbocycles. The van der Waals surface area contributed by atoms with E-state index >= 15 is 0 Å². The molecule has 0 fully saturated rings. The van der Waals surface area contributed by atoms with E-state index < -0.39 is 0 Å². The van der Waals surface area contributed by atoms with Crippen LogP contribution in [0, 0.1) is 0 Å². The largest absolute Gasteiger partial charge is 0.254 e. The Morgan fingerprint density at radius 3 is 0.805 bits per heavy atom. The highest BCUT2D eigenvalue weighted by Gasteiger charge is 2.19. The maximum atomic E-state index is 5.42. The lowest BCUT2D eigenvalue weighted by Gasteiger charge is -2.16. The standard InChI is InChI=1S/C44H28N2.C34H22N2/c1-3-13-31(14-4-1)39-27-41(35-21-19-29-11-7-9-17-33(29)25-35)45-43-37(39)23-24-38-40(32-15-5-2-6-16-32)28-42(46-44(38)43)36-22-20-30-12-8-10-18-34(30)26-36;1-3-10-24(11-4-1)28-19-20-35-33-29(28)17-18-30-31(25-12-5-2-6-13-25)22-32(36-34(30)33)27-16-15-23-9-7-8-14-26(23)21-27/h1-28H;1-22H. The Hall–Kier alpha value is -10.9. The molecule has 0 amide bonds. The minimum Gasteiger partial charge on any atom is -0.254 e. The molecule has 0 aliphatic rings. The Balaban J connectivity index is 0.000000145. The SMILES string of the molecule is c1ccc(-c2cc(-c3ccc4ccccc4c3)nc3c2ccc2c(-c4ccccc4)cc(-c4ccc5ccccc5c4)nc23)cc1.c1ccc(-c2ccnc3c2ccc2c(-c4ccccc4)cc(-c4ccc5ccccc5c4)nc23)cc1. The van der Waals surface area contributed by atoms with Crippen molar-refractivity contribution in [3.8, 4) is 78.3 Å². The molecule has 0 N–H and O–H groups in total. The van der Waals surface area contributed by atoms with Gasteiger partial charge in [0.25, 0.3) is 0 Å². The van der Waals surface area contributed by atoms with Crippen LogP contribution in [0.3, 0.4) is 0 Å². The van der Waals surface area contributed by atoms with E-state index in [1.54, 1.807) is 0 Å². The molecule has 16 aromatic rings. The summed E-state index contributed by atoms with van der Waals surface area (Å²) in [6.07, 6.45) is 1.90. The zero-order valence-electron chi connectivity index (χ0n) is 44.7. The van der Waals surface area contributed by atoms with E-state index in [4.69, 9.17) is 19.9 Å². The van der Waals surface area contributed by atoms with Crippen molar-refractivity contribution >= 4 is 75.9 Å². The summed E-state index contributed by atoms with van der Waals surface area (Å²) in [4.78, 5) is 20.9.